The summed E-state index contributed by atoms with van der Waals surface area (Å²) >= 11 is 0. The van der Waals surface area contributed by atoms with E-state index in [1.165, 1.54) is 0 Å². The van der Waals surface area contributed by atoms with Crippen molar-refractivity contribution in [3.05, 3.63) is 0 Å². The molecule has 6 heteroatoms. The Morgan fingerprint density at radius 3 is 2.89 bits per heavy atom. The van der Waals surface area contributed by atoms with Crippen LogP contribution in [0.25, 0.3) is 0 Å². The van der Waals surface area contributed by atoms with Gasteiger partial charge < -0.3 is 24.3 Å². The molecule has 2 rings (SSSR count). The number of ether oxygens (including phenoxy) is 2. The van der Waals surface area contributed by atoms with E-state index in [9.17, 15) is 14.7 Å². The first-order valence-corrected chi connectivity index (χ1v) is 6.87. The van der Waals surface area contributed by atoms with Crippen molar-refractivity contribution >= 4 is 12.2 Å². The molecule has 0 radical (unpaired) electrons. The van der Waals surface area contributed by atoms with E-state index in [1.54, 1.807) is 4.90 Å². The van der Waals surface area contributed by atoms with Crippen LogP contribution in [0.1, 0.15) is 25.7 Å². The van der Waals surface area contributed by atoms with Crippen molar-refractivity contribution in [1.82, 2.24) is 4.90 Å². The molecule has 1 N–H and O–H groups in total. The molecule has 3 atom stereocenters. The minimum atomic E-state index is -1.39. The summed E-state index contributed by atoms with van der Waals surface area (Å²) in [5.41, 5.74) is 0. The van der Waals surface area contributed by atoms with Gasteiger partial charge >= 0.3 is 0 Å². The Labute approximate surface area is 112 Å². The standard InChI is InChI=1S/C13H21NO5/c15-8-11(16)12-13(17)14-5-3-4-10(14)9-18-6-1-2-7-19-12/h8,10-12,16H,1-7,9H2/t10-,11+,12-/m1/s1. The number of carbonyl (C=O) groups is 2. The molecule has 2 saturated heterocycles. The SMILES string of the molecule is O=C[C@H](O)[C@H]1OCCCCOC[C@H]2CCCN2C1=O. The van der Waals surface area contributed by atoms with E-state index >= 15 is 0 Å². The van der Waals surface area contributed by atoms with Crippen molar-refractivity contribution in [1.29, 1.82) is 0 Å². The molecule has 108 valence electrons. The molecule has 6 nitrogen and oxygen atoms in total. The molecule has 0 spiro atoms. The largest absolute Gasteiger partial charge is 0.382 e. The second-order valence-corrected chi connectivity index (χ2v) is 5.03. The van der Waals surface area contributed by atoms with E-state index in [0.717, 1.165) is 25.7 Å². The minimum Gasteiger partial charge on any atom is -0.382 e. The van der Waals surface area contributed by atoms with Gasteiger partial charge in [0.2, 0.25) is 0 Å². The van der Waals surface area contributed by atoms with Gasteiger partial charge in [-0.3, -0.25) is 4.79 Å². The summed E-state index contributed by atoms with van der Waals surface area (Å²) < 4.78 is 11.0. The van der Waals surface area contributed by atoms with Crippen LogP contribution in [0.4, 0.5) is 0 Å². The topological polar surface area (TPSA) is 76.1 Å². The van der Waals surface area contributed by atoms with Crippen LogP contribution in [-0.4, -0.2) is 66.8 Å². The Morgan fingerprint density at radius 1 is 1.32 bits per heavy atom. The van der Waals surface area contributed by atoms with Crippen LogP contribution in [0.2, 0.25) is 0 Å². The molecule has 0 aliphatic carbocycles. The highest BCUT2D eigenvalue weighted by Gasteiger charge is 2.37. The Hall–Kier alpha value is -0.980. The highest BCUT2D eigenvalue weighted by Crippen LogP contribution is 2.21. The van der Waals surface area contributed by atoms with Gasteiger partial charge in [0.25, 0.3) is 5.91 Å². The van der Waals surface area contributed by atoms with Crippen LogP contribution in [0, 0.1) is 0 Å². The molecule has 2 aliphatic heterocycles. The molecular formula is C13H21NO5. The third kappa shape index (κ3) is 3.52. The van der Waals surface area contributed by atoms with Crippen molar-refractivity contribution in [2.75, 3.05) is 26.4 Å². The Bertz CT molecular complexity index is 322. The van der Waals surface area contributed by atoms with E-state index in [0.29, 0.717) is 32.7 Å². The molecule has 1 amide bonds. The second kappa shape index (κ2) is 6.98. The fraction of sp³-hybridized carbons (Fsp3) is 0.846. The van der Waals surface area contributed by atoms with Crippen molar-refractivity contribution < 1.29 is 24.2 Å². The zero-order valence-electron chi connectivity index (χ0n) is 11.0. The average molecular weight is 271 g/mol. The third-order valence-electron chi connectivity index (χ3n) is 3.64. The number of hydrogen-bond acceptors (Lipinski definition) is 5. The maximum Gasteiger partial charge on any atom is 0.255 e. The van der Waals surface area contributed by atoms with Crippen molar-refractivity contribution in [2.24, 2.45) is 0 Å². The zero-order chi connectivity index (χ0) is 13.7. The lowest BCUT2D eigenvalue weighted by Crippen LogP contribution is -2.49. The van der Waals surface area contributed by atoms with Crippen molar-refractivity contribution in [3.8, 4) is 0 Å². The smallest absolute Gasteiger partial charge is 0.255 e. The van der Waals surface area contributed by atoms with Crippen molar-refractivity contribution in [2.45, 2.75) is 43.9 Å². The lowest BCUT2D eigenvalue weighted by molar-refractivity contribution is -0.155. The number of hydrogen-bond donors (Lipinski definition) is 1. The minimum absolute atomic E-state index is 0.0375. The lowest BCUT2D eigenvalue weighted by atomic mass is 10.1. The number of aldehydes is 1. The molecule has 2 fully saturated rings. The number of fused-ring (bicyclic) bond motifs is 1. The molecule has 0 aromatic heterocycles. The summed E-state index contributed by atoms with van der Waals surface area (Å²) in [5, 5.41) is 9.65. The van der Waals surface area contributed by atoms with Gasteiger partial charge in [-0.15, -0.1) is 0 Å². The van der Waals surface area contributed by atoms with Gasteiger partial charge in [0.15, 0.2) is 12.4 Å². The Kier molecular flexibility index (Phi) is 5.30. The summed E-state index contributed by atoms with van der Waals surface area (Å²) in [6, 6.07) is 0.0375. The summed E-state index contributed by atoms with van der Waals surface area (Å²) in [6.07, 6.45) is 1.32. The molecule has 0 saturated carbocycles. The molecule has 0 aromatic carbocycles. The zero-order valence-corrected chi connectivity index (χ0v) is 11.0. The highest BCUT2D eigenvalue weighted by atomic mass is 16.5. The maximum atomic E-state index is 12.4. The fourth-order valence-corrected chi connectivity index (χ4v) is 2.59. The van der Waals surface area contributed by atoms with E-state index in [2.05, 4.69) is 0 Å². The lowest BCUT2D eigenvalue weighted by Gasteiger charge is -2.29. The number of rotatable bonds is 2. The van der Waals surface area contributed by atoms with Gasteiger partial charge in [-0.25, -0.2) is 0 Å². The molecule has 2 aliphatic rings. The average Bonchev–Trinajstić information content (AvgIpc) is 2.87. The van der Waals surface area contributed by atoms with Crippen LogP contribution in [-0.2, 0) is 19.1 Å². The van der Waals surface area contributed by atoms with Gasteiger partial charge in [0, 0.05) is 19.8 Å². The number of aliphatic hydroxyl groups excluding tert-OH is 1. The summed E-state index contributed by atoms with van der Waals surface area (Å²) in [6.45, 7) is 2.17. The van der Waals surface area contributed by atoms with Gasteiger partial charge in [-0.05, 0) is 25.7 Å². The van der Waals surface area contributed by atoms with E-state index < -0.39 is 12.2 Å². The van der Waals surface area contributed by atoms with Crippen LogP contribution in [0.5, 0.6) is 0 Å². The number of nitrogens with zero attached hydrogens (tertiary/aromatic N) is 1. The Morgan fingerprint density at radius 2 is 2.11 bits per heavy atom. The first-order chi connectivity index (χ1) is 9.24. The second-order valence-electron chi connectivity index (χ2n) is 5.03. The van der Waals surface area contributed by atoms with Crippen molar-refractivity contribution in [3.63, 3.8) is 0 Å². The summed E-state index contributed by atoms with van der Waals surface area (Å²) in [5.74, 6) is -0.299. The molecule has 19 heavy (non-hydrogen) atoms. The maximum absolute atomic E-state index is 12.4. The third-order valence-corrected chi connectivity index (χ3v) is 3.64. The first kappa shape index (κ1) is 14.4. The number of carbonyl (C=O) groups excluding carboxylic acids is 2. The van der Waals surface area contributed by atoms with Crippen LogP contribution in [0.3, 0.4) is 0 Å². The van der Waals surface area contributed by atoms with Gasteiger partial charge in [-0.2, -0.15) is 0 Å². The highest BCUT2D eigenvalue weighted by molar-refractivity contribution is 5.85. The van der Waals surface area contributed by atoms with Gasteiger partial charge in [-0.1, -0.05) is 0 Å². The molecule has 0 unspecified atom stereocenters. The van der Waals surface area contributed by atoms with Crippen LogP contribution < -0.4 is 0 Å². The van der Waals surface area contributed by atoms with Crippen LogP contribution in [0.15, 0.2) is 0 Å². The summed E-state index contributed by atoms with van der Waals surface area (Å²) in [7, 11) is 0. The van der Waals surface area contributed by atoms with Gasteiger partial charge in [0.05, 0.1) is 12.6 Å². The van der Waals surface area contributed by atoms with E-state index in [-0.39, 0.29) is 11.9 Å². The molecule has 0 aromatic rings. The van der Waals surface area contributed by atoms with Gasteiger partial charge in [0.1, 0.15) is 6.10 Å². The van der Waals surface area contributed by atoms with E-state index in [4.69, 9.17) is 9.47 Å². The quantitative estimate of drug-likeness (QED) is 0.700. The number of amides is 1. The predicted molar refractivity (Wildman–Crippen MR) is 66.6 cm³/mol. The van der Waals surface area contributed by atoms with Crippen LogP contribution >= 0.6 is 0 Å². The Balaban J connectivity index is 2.11. The monoisotopic (exact) mass is 271 g/mol. The van der Waals surface area contributed by atoms with E-state index in [1.807, 2.05) is 0 Å². The molecule has 0 bridgehead atoms. The predicted octanol–water partition coefficient (Wildman–Crippen LogP) is -0.267. The first-order valence-electron chi connectivity index (χ1n) is 6.87. The molecular weight excluding hydrogens is 250 g/mol. The number of aliphatic hydroxyl groups is 1. The molecule has 2 heterocycles. The fourth-order valence-electron chi connectivity index (χ4n) is 2.59. The summed E-state index contributed by atoms with van der Waals surface area (Å²) in [4.78, 5) is 24.8. The normalized spacial score (nSPS) is 31.4.